The average molecular weight is 383 g/mol. The minimum atomic E-state index is 0.109. The third-order valence-electron chi connectivity index (χ3n) is 6.33. The molecule has 28 heavy (non-hydrogen) atoms. The van der Waals surface area contributed by atoms with Crippen LogP contribution in [0.15, 0.2) is 24.3 Å². The Labute approximate surface area is 166 Å². The molecule has 2 heterocycles. The van der Waals surface area contributed by atoms with Crippen LogP contribution in [0.2, 0.25) is 0 Å². The Balaban J connectivity index is 1.27. The number of piperazine rings is 1. The van der Waals surface area contributed by atoms with E-state index in [1.807, 2.05) is 39.0 Å². The first-order valence-corrected chi connectivity index (χ1v) is 10.6. The summed E-state index contributed by atoms with van der Waals surface area (Å²) in [6.07, 6.45) is 6.28. The van der Waals surface area contributed by atoms with Crippen molar-refractivity contribution < 1.29 is 14.4 Å². The van der Waals surface area contributed by atoms with E-state index in [-0.39, 0.29) is 23.6 Å². The molecule has 0 atom stereocenters. The van der Waals surface area contributed by atoms with Gasteiger partial charge >= 0.3 is 0 Å². The van der Waals surface area contributed by atoms with Gasteiger partial charge in [0.15, 0.2) is 0 Å². The highest BCUT2D eigenvalue weighted by Crippen LogP contribution is 2.27. The molecule has 6 heteroatoms. The van der Waals surface area contributed by atoms with Crippen LogP contribution in [-0.2, 0) is 20.8 Å². The number of amides is 3. The maximum Gasteiger partial charge on any atom is 0.227 e. The SMILES string of the molecule is O=C(Cc1ccc(N2CCCC2=O)cc1)N1CCN(C(=O)C2CCCC2)CC1. The third-order valence-corrected chi connectivity index (χ3v) is 6.33. The van der Waals surface area contributed by atoms with Gasteiger partial charge in [-0.25, -0.2) is 0 Å². The lowest BCUT2D eigenvalue weighted by Gasteiger charge is -2.36. The Morgan fingerprint density at radius 2 is 1.50 bits per heavy atom. The molecular formula is C22H29N3O3. The molecule has 2 saturated heterocycles. The van der Waals surface area contributed by atoms with E-state index in [2.05, 4.69) is 0 Å². The van der Waals surface area contributed by atoms with Gasteiger partial charge in [0.25, 0.3) is 0 Å². The van der Waals surface area contributed by atoms with Crippen molar-refractivity contribution in [1.82, 2.24) is 9.80 Å². The summed E-state index contributed by atoms with van der Waals surface area (Å²) in [5, 5.41) is 0. The molecule has 0 bridgehead atoms. The average Bonchev–Trinajstić information content (AvgIpc) is 3.40. The van der Waals surface area contributed by atoms with Crippen LogP contribution in [0.3, 0.4) is 0 Å². The molecule has 1 aliphatic carbocycles. The minimum Gasteiger partial charge on any atom is -0.339 e. The van der Waals surface area contributed by atoms with E-state index in [1.165, 1.54) is 12.8 Å². The van der Waals surface area contributed by atoms with Gasteiger partial charge in [0.1, 0.15) is 0 Å². The quantitative estimate of drug-likeness (QED) is 0.801. The van der Waals surface area contributed by atoms with Crippen molar-refractivity contribution in [1.29, 1.82) is 0 Å². The maximum atomic E-state index is 12.7. The molecule has 1 aromatic rings. The van der Waals surface area contributed by atoms with E-state index in [9.17, 15) is 14.4 Å². The van der Waals surface area contributed by atoms with Crippen LogP contribution in [0, 0.1) is 5.92 Å². The zero-order valence-electron chi connectivity index (χ0n) is 16.4. The van der Waals surface area contributed by atoms with Crippen LogP contribution < -0.4 is 4.90 Å². The van der Waals surface area contributed by atoms with Crippen molar-refractivity contribution in [3.63, 3.8) is 0 Å². The van der Waals surface area contributed by atoms with Crippen molar-refractivity contribution in [2.75, 3.05) is 37.6 Å². The van der Waals surface area contributed by atoms with E-state index in [4.69, 9.17) is 0 Å². The number of hydrogen-bond donors (Lipinski definition) is 0. The molecule has 3 fully saturated rings. The fourth-order valence-electron chi connectivity index (χ4n) is 4.61. The topological polar surface area (TPSA) is 60.9 Å². The summed E-state index contributed by atoms with van der Waals surface area (Å²) in [7, 11) is 0. The Hall–Kier alpha value is -2.37. The predicted octanol–water partition coefficient (Wildman–Crippen LogP) is 2.22. The van der Waals surface area contributed by atoms with E-state index in [0.717, 1.165) is 37.1 Å². The summed E-state index contributed by atoms with van der Waals surface area (Å²) in [6.45, 7) is 3.32. The Morgan fingerprint density at radius 3 is 2.11 bits per heavy atom. The van der Waals surface area contributed by atoms with Gasteiger partial charge in [-0.15, -0.1) is 0 Å². The highest BCUT2D eigenvalue weighted by Gasteiger charge is 2.30. The second kappa shape index (κ2) is 8.33. The smallest absolute Gasteiger partial charge is 0.227 e. The van der Waals surface area contributed by atoms with Crippen LogP contribution in [0.25, 0.3) is 0 Å². The lowest BCUT2D eigenvalue weighted by Crippen LogP contribution is -2.52. The van der Waals surface area contributed by atoms with E-state index < -0.39 is 0 Å². The van der Waals surface area contributed by atoms with Crippen molar-refractivity contribution in [3.05, 3.63) is 29.8 Å². The van der Waals surface area contributed by atoms with Crippen LogP contribution in [0.5, 0.6) is 0 Å². The summed E-state index contributed by atoms with van der Waals surface area (Å²) < 4.78 is 0. The monoisotopic (exact) mass is 383 g/mol. The molecule has 0 radical (unpaired) electrons. The van der Waals surface area contributed by atoms with Gasteiger partial charge in [0.2, 0.25) is 17.7 Å². The number of carbonyl (C=O) groups is 3. The minimum absolute atomic E-state index is 0.109. The largest absolute Gasteiger partial charge is 0.339 e. The summed E-state index contributed by atoms with van der Waals surface area (Å²) in [4.78, 5) is 42.6. The fraction of sp³-hybridized carbons (Fsp3) is 0.591. The van der Waals surface area contributed by atoms with E-state index in [0.29, 0.717) is 39.0 Å². The molecule has 0 spiro atoms. The highest BCUT2D eigenvalue weighted by atomic mass is 16.2. The molecule has 6 nitrogen and oxygen atoms in total. The molecule has 0 aromatic heterocycles. The molecule has 150 valence electrons. The fourth-order valence-corrected chi connectivity index (χ4v) is 4.61. The molecule has 0 unspecified atom stereocenters. The van der Waals surface area contributed by atoms with E-state index in [1.54, 1.807) is 0 Å². The number of nitrogens with zero attached hydrogens (tertiary/aromatic N) is 3. The van der Waals surface area contributed by atoms with Gasteiger partial charge in [-0.1, -0.05) is 25.0 Å². The van der Waals surface area contributed by atoms with Crippen molar-refractivity contribution in [2.45, 2.75) is 44.9 Å². The third kappa shape index (κ3) is 4.05. The first-order valence-electron chi connectivity index (χ1n) is 10.6. The van der Waals surface area contributed by atoms with Gasteiger partial charge < -0.3 is 14.7 Å². The van der Waals surface area contributed by atoms with Crippen LogP contribution >= 0.6 is 0 Å². The standard InChI is InChI=1S/C22H29N3O3/c26-20-6-3-11-25(20)19-9-7-17(8-10-19)16-21(27)23-12-14-24(15-13-23)22(28)18-4-1-2-5-18/h7-10,18H,1-6,11-16H2. The Bertz CT molecular complexity index is 732. The van der Waals surface area contributed by atoms with Crippen molar-refractivity contribution in [2.24, 2.45) is 5.92 Å². The van der Waals surface area contributed by atoms with Gasteiger partial charge in [-0.2, -0.15) is 0 Å². The highest BCUT2D eigenvalue weighted by molar-refractivity contribution is 5.95. The molecular weight excluding hydrogens is 354 g/mol. The molecule has 0 N–H and O–H groups in total. The zero-order valence-corrected chi connectivity index (χ0v) is 16.4. The molecule has 3 aliphatic rings. The molecule has 2 aliphatic heterocycles. The summed E-state index contributed by atoms with van der Waals surface area (Å²) in [5.74, 6) is 0.784. The summed E-state index contributed by atoms with van der Waals surface area (Å²) >= 11 is 0. The van der Waals surface area contributed by atoms with Crippen LogP contribution in [-0.4, -0.2) is 60.2 Å². The first kappa shape index (κ1) is 19.0. The summed E-state index contributed by atoms with van der Waals surface area (Å²) in [5.41, 5.74) is 1.88. The van der Waals surface area contributed by atoms with Gasteiger partial charge in [0, 0.05) is 50.7 Å². The van der Waals surface area contributed by atoms with Gasteiger partial charge in [-0.05, 0) is 37.0 Å². The molecule has 4 rings (SSSR count). The van der Waals surface area contributed by atoms with Gasteiger partial charge in [-0.3, -0.25) is 14.4 Å². The van der Waals surface area contributed by atoms with Crippen LogP contribution in [0.1, 0.15) is 44.1 Å². The number of carbonyl (C=O) groups excluding carboxylic acids is 3. The number of benzene rings is 1. The normalized spacial score (nSPS) is 20.9. The Morgan fingerprint density at radius 1 is 0.857 bits per heavy atom. The lowest BCUT2D eigenvalue weighted by atomic mass is 10.1. The number of hydrogen-bond acceptors (Lipinski definition) is 3. The first-order chi connectivity index (χ1) is 13.6. The van der Waals surface area contributed by atoms with E-state index >= 15 is 0 Å². The molecule has 1 aromatic carbocycles. The predicted molar refractivity (Wildman–Crippen MR) is 107 cm³/mol. The zero-order chi connectivity index (χ0) is 19.5. The Kier molecular flexibility index (Phi) is 5.64. The van der Waals surface area contributed by atoms with Crippen molar-refractivity contribution >= 4 is 23.4 Å². The molecule has 1 saturated carbocycles. The van der Waals surface area contributed by atoms with Gasteiger partial charge in [0.05, 0.1) is 6.42 Å². The number of rotatable bonds is 4. The number of anilines is 1. The summed E-state index contributed by atoms with van der Waals surface area (Å²) in [6, 6.07) is 7.76. The second-order valence-electron chi connectivity index (χ2n) is 8.18. The maximum absolute atomic E-state index is 12.7. The second-order valence-corrected chi connectivity index (χ2v) is 8.18. The molecule has 3 amide bonds. The lowest BCUT2D eigenvalue weighted by molar-refractivity contribution is -0.141. The van der Waals surface area contributed by atoms with Crippen molar-refractivity contribution in [3.8, 4) is 0 Å². The van der Waals surface area contributed by atoms with Crippen LogP contribution in [0.4, 0.5) is 5.69 Å².